The average Bonchev–Trinajstić information content (AvgIpc) is 3.71. The molecule has 3 aliphatic heterocycles. The molecule has 232 valence electrons. The molecular weight excluding hydrogens is 556 g/mol. The zero-order valence-corrected chi connectivity index (χ0v) is 25.3. The van der Waals surface area contributed by atoms with Crippen molar-refractivity contribution in [1.82, 2.24) is 25.2 Å². The number of rotatable bonds is 3. The molecule has 43 heavy (non-hydrogen) atoms. The van der Waals surface area contributed by atoms with Crippen LogP contribution in [0.3, 0.4) is 0 Å². The van der Waals surface area contributed by atoms with E-state index < -0.39 is 11.6 Å². The van der Waals surface area contributed by atoms with E-state index in [0.29, 0.717) is 18.8 Å². The highest BCUT2D eigenvalue weighted by Gasteiger charge is 2.34. The molecular formula is C31H41F2N7O3. The maximum absolute atomic E-state index is 16.2. The molecule has 7 rings (SSSR count). The van der Waals surface area contributed by atoms with Crippen LogP contribution in [-0.4, -0.2) is 78.1 Å². The summed E-state index contributed by atoms with van der Waals surface area (Å²) in [6, 6.07) is 2.35. The summed E-state index contributed by atoms with van der Waals surface area (Å²) in [5.41, 5.74) is 7.30. The molecule has 2 saturated heterocycles. The third-order valence-corrected chi connectivity index (χ3v) is 8.68. The summed E-state index contributed by atoms with van der Waals surface area (Å²) in [5, 5.41) is 6.82. The van der Waals surface area contributed by atoms with Crippen LogP contribution in [0.2, 0.25) is 0 Å². The molecule has 1 saturated carbocycles. The third-order valence-electron chi connectivity index (χ3n) is 8.68. The van der Waals surface area contributed by atoms with E-state index in [4.69, 9.17) is 19.9 Å². The lowest BCUT2D eigenvalue weighted by Crippen LogP contribution is -2.40. The Morgan fingerprint density at radius 3 is 2.63 bits per heavy atom. The molecule has 4 N–H and O–H groups in total. The van der Waals surface area contributed by atoms with E-state index in [1.54, 1.807) is 6.07 Å². The molecule has 0 amide bonds. The highest BCUT2D eigenvalue weighted by Crippen LogP contribution is 2.49. The van der Waals surface area contributed by atoms with Crippen molar-refractivity contribution in [1.29, 1.82) is 0 Å². The molecule has 1 aliphatic carbocycles. The first-order chi connectivity index (χ1) is 20.7. The molecule has 3 unspecified atom stereocenters. The van der Waals surface area contributed by atoms with Crippen LogP contribution in [0.15, 0.2) is 6.07 Å². The van der Waals surface area contributed by atoms with Crippen LogP contribution >= 0.6 is 0 Å². The number of nitrogens with two attached hydrogens (primary N) is 1. The number of aromatic nitrogens is 3. The predicted molar refractivity (Wildman–Crippen MR) is 162 cm³/mol. The molecule has 3 aromatic rings. The molecule has 2 aromatic heterocycles. The first kappa shape index (κ1) is 29.7. The summed E-state index contributed by atoms with van der Waals surface area (Å²) < 4.78 is 48.4. The van der Waals surface area contributed by atoms with Gasteiger partial charge in [0.2, 0.25) is 5.88 Å². The van der Waals surface area contributed by atoms with Crippen LogP contribution in [0.4, 0.5) is 20.3 Å². The minimum Gasteiger partial charge on any atom is -0.474 e. The Kier molecular flexibility index (Phi) is 8.52. The number of morpholine rings is 1. The van der Waals surface area contributed by atoms with Gasteiger partial charge in [0, 0.05) is 24.7 Å². The predicted octanol–water partition coefficient (Wildman–Crippen LogP) is 4.75. The number of ether oxygens (including phenoxy) is 3. The SMILES string of the molecule is C1CC2COCCN2C1.COc1nc2c3c(nc(-c4c(F)c(N)cc(C)c4C4CC4)c(F)c3n1)OC(C)CCNC(C)N2. The van der Waals surface area contributed by atoms with Gasteiger partial charge in [-0.15, -0.1) is 0 Å². The Balaban J connectivity index is 0.000000310. The Labute approximate surface area is 250 Å². The number of halogens is 2. The van der Waals surface area contributed by atoms with Crippen LogP contribution in [0.1, 0.15) is 63.0 Å². The van der Waals surface area contributed by atoms with E-state index in [2.05, 4.69) is 30.5 Å². The first-order valence-corrected chi connectivity index (χ1v) is 15.3. The van der Waals surface area contributed by atoms with Crippen LogP contribution < -0.4 is 25.8 Å². The van der Waals surface area contributed by atoms with E-state index in [9.17, 15) is 0 Å². The second-order valence-corrected chi connectivity index (χ2v) is 12.0. The second kappa shape index (κ2) is 12.3. The van der Waals surface area contributed by atoms with Crippen molar-refractivity contribution in [2.45, 2.75) is 77.1 Å². The molecule has 12 heteroatoms. The van der Waals surface area contributed by atoms with Gasteiger partial charge in [-0.25, -0.2) is 13.8 Å². The number of aryl methyl sites for hydroxylation is 1. The fourth-order valence-corrected chi connectivity index (χ4v) is 6.32. The van der Waals surface area contributed by atoms with Gasteiger partial charge in [0.1, 0.15) is 22.4 Å². The van der Waals surface area contributed by atoms with Crippen LogP contribution in [0, 0.1) is 18.6 Å². The van der Waals surface area contributed by atoms with Gasteiger partial charge in [0.25, 0.3) is 0 Å². The number of nitrogens with one attached hydrogen (secondary N) is 2. The van der Waals surface area contributed by atoms with Gasteiger partial charge in [-0.05, 0) is 82.5 Å². The fourth-order valence-electron chi connectivity index (χ4n) is 6.32. The topological polar surface area (TPSA) is 120 Å². The van der Waals surface area contributed by atoms with Gasteiger partial charge >= 0.3 is 6.01 Å². The number of nitrogens with zero attached hydrogens (tertiary/aromatic N) is 4. The molecule has 4 aliphatic rings. The molecule has 3 fully saturated rings. The summed E-state index contributed by atoms with van der Waals surface area (Å²) in [7, 11) is 1.40. The second-order valence-electron chi connectivity index (χ2n) is 12.0. The van der Waals surface area contributed by atoms with Gasteiger partial charge in [-0.2, -0.15) is 9.97 Å². The Morgan fingerprint density at radius 1 is 1.07 bits per heavy atom. The zero-order chi connectivity index (χ0) is 30.2. The molecule has 0 bridgehead atoms. The summed E-state index contributed by atoms with van der Waals surface area (Å²) in [4.78, 5) is 15.8. The number of fused-ring (bicyclic) bond motifs is 1. The summed E-state index contributed by atoms with van der Waals surface area (Å²) in [6.45, 7) is 10.8. The number of methoxy groups -OCH3 is 1. The molecule has 10 nitrogen and oxygen atoms in total. The van der Waals surface area contributed by atoms with Crippen LogP contribution in [0.25, 0.3) is 22.2 Å². The lowest BCUT2D eigenvalue weighted by atomic mass is 9.93. The van der Waals surface area contributed by atoms with Crippen molar-refractivity contribution in [3.8, 4) is 23.1 Å². The smallest absolute Gasteiger partial charge is 0.318 e. The Bertz CT molecular complexity index is 1490. The van der Waals surface area contributed by atoms with Crippen LogP contribution in [0.5, 0.6) is 11.9 Å². The molecule has 5 heterocycles. The van der Waals surface area contributed by atoms with Crippen molar-refractivity contribution in [2.24, 2.45) is 0 Å². The minimum atomic E-state index is -0.776. The lowest BCUT2D eigenvalue weighted by molar-refractivity contribution is 0.0129. The first-order valence-electron chi connectivity index (χ1n) is 15.3. The number of nitrogen functional groups attached to an aromatic ring is 1. The largest absolute Gasteiger partial charge is 0.474 e. The molecule has 3 atom stereocenters. The lowest BCUT2D eigenvalue weighted by Gasteiger charge is -2.28. The highest BCUT2D eigenvalue weighted by molar-refractivity contribution is 5.97. The zero-order valence-electron chi connectivity index (χ0n) is 25.3. The van der Waals surface area contributed by atoms with Gasteiger partial charge < -0.3 is 25.3 Å². The molecule has 0 spiro atoms. The number of anilines is 2. The van der Waals surface area contributed by atoms with E-state index >= 15 is 8.78 Å². The average molecular weight is 598 g/mol. The maximum atomic E-state index is 16.2. The normalized spacial score (nSPS) is 23.9. The minimum absolute atomic E-state index is 0.0269. The Hall–Kier alpha value is -3.35. The van der Waals surface area contributed by atoms with Crippen molar-refractivity contribution < 1.29 is 23.0 Å². The Morgan fingerprint density at radius 2 is 1.88 bits per heavy atom. The summed E-state index contributed by atoms with van der Waals surface area (Å²) in [6.07, 6.45) is 4.83. The number of pyridine rings is 1. The van der Waals surface area contributed by atoms with Crippen molar-refractivity contribution in [3.63, 3.8) is 0 Å². The van der Waals surface area contributed by atoms with Crippen molar-refractivity contribution in [3.05, 3.63) is 28.8 Å². The number of hydrogen-bond acceptors (Lipinski definition) is 10. The maximum Gasteiger partial charge on any atom is 0.318 e. The van der Waals surface area contributed by atoms with Crippen molar-refractivity contribution in [2.75, 3.05) is 51.0 Å². The van der Waals surface area contributed by atoms with E-state index in [0.717, 1.165) is 43.2 Å². The summed E-state index contributed by atoms with van der Waals surface area (Å²) >= 11 is 0. The number of hydrogen-bond donors (Lipinski definition) is 3. The van der Waals surface area contributed by atoms with Crippen LogP contribution in [-0.2, 0) is 4.74 Å². The standard InChI is InChI=1S/C24H28F2N6O2.C7H13NO/c1-10-9-14(27)18(25)16(15(10)13-5-6-13)20-19(26)21-17-22(32-24(31-21)33-4)29-12(3)28-8-7-11(2)34-23(17)30-20;1-2-7-6-9-5-4-8(7)3-1/h9,11-13,28H,5-8,27H2,1-4H3,(H,29,31,32);7H,1-6H2. The summed E-state index contributed by atoms with van der Waals surface area (Å²) in [5.74, 6) is -0.868. The van der Waals surface area contributed by atoms with E-state index in [1.807, 2.05) is 20.8 Å². The molecule has 1 aromatic carbocycles. The third kappa shape index (κ3) is 6.05. The highest BCUT2D eigenvalue weighted by atomic mass is 19.1. The van der Waals surface area contributed by atoms with Crippen molar-refractivity contribution >= 4 is 22.4 Å². The van der Waals surface area contributed by atoms with E-state index in [-0.39, 0.29) is 57.9 Å². The number of benzene rings is 1. The van der Waals surface area contributed by atoms with Gasteiger partial charge in [0.05, 0.1) is 38.3 Å². The quantitative estimate of drug-likeness (QED) is 0.365. The fraction of sp³-hybridized carbons (Fsp3) is 0.581. The van der Waals surface area contributed by atoms with Gasteiger partial charge in [-0.3, -0.25) is 10.2 Å². The monoisotopic (exact) mass is 597 g/mol. The van der Waals surface area contributed by atoms with E-state index in [1.165, 1.54) is 33.0 Å². The van der Waals surface area contributed by atoms with Gasteiger partial charge in [0.15, 0.2) is 11.6 Å². The molecule has 0 radical (unpaired) electrons. The van der Waals surface area contributed by atoms with Gasteiger partial charge in [-0.1, -0.05) is 0 Å².